The minimum absolute atomic E-state index is 0.328. The fourth-order valence-corrected chi connectivity index (χ4v) is 2.93. The molecule has 5 heteroatoms. The van der Waals surface area contributed by atoms with Crippen molar-refractivity contribution in [1.29, 1.82) is 0 Å². The standard InChI is InChI=1S/C22H18FN3O/c1-2-27-18-11-8-15(9-12-18)21-19-14-17(23)10-13-20(19)24-22(26-25-21)16-6-4-3-5-7-16/h3-14H,2H2,1H3,(H,24,26). The highest BCUT2D eigenvalue weighted by atomic mass is 19.1. The molecule has 3 aromatic carbocycles. The second kappa shape index (κ2) is 7.41. The molecular formula is C22H18FN3O. The number of hydrogen-bond acceptors (Lipinski definition) is 4. The van der Waals surface area contributed by atoms with Gasteiger partial charge < -0.3 is 4.74 Å². The number of benzene rings is 3. The minimum atomic E-state index is -0.328. The molecule has 0 bridgehead atoms. The number of nitrogens with zero attached hydrogens (tertiary/aromatic N) is 2. The quantitative estimate of drug-likeness (QED) is 0.736. The Bertz CT molecular complexity index is 1010. The predicted molar refractivity (Wildman–Crippen MR) is 105 cm³/mol. The lowest BCUT2D eigenvalue weighted by Gasteiger charge is -2.09. The largest absolute Gasteiger partial charge is 0.494 e. The highest BCUT2D eigenvalue weighted by molar-refractivity contribution is 6.18. The van der Waals surface area contributed by atoms with Crippen LogP contribution in [-0.2, 0) is 0 Å². The Morgan fingerprint density at radius 1 is 0.926 bits per heavy atom. The molecule has 1 N–H and O–H groups in total. The van der Waals surface area contributed by atoms with Gasteiger partial charge in [0.2, 0.25) is 0 Å². The molecule has 0 unspecified atom stereocenters. The number of halogens is 1. The van der Waals surface area contributed by atoms with Crippen molar-refractivity contribution in [3.8, 4) is 5.75 Å². The summed E-state index contributed by atoms with van der Waals surface area (Å²) < 4.78 is 19.5. The van der Waals surface area contributed by atoms with E-state index in [4.69, 9.17) is 4.74 Å². The lowest BCUT2D eigenvalue weighted by Crippen LogP contribution is -2.19. The number of amidine groups is 1. The number of fused-ring (bicyclic) bond motifs is 1. The van der Waals surface area contributed by atoms with Gasteiger partial charge in [0, 0.05) is 16.7 Å². The summed E-state index contributed by atoms with van der Waals surface area (Å²) in [6.07, 6.45) is 0. The number of nitrogens with one attached hydrogen (secondary N) is 1. The first kappa shape index (κ1) is 17.0. The molecular weight excluding hydrogens is 341 g/mol. The van der Waals surface area contributed by atoms with Crippen LogP contribution in [0.25, 0.3) is 0 Å². The maximum atomic E-state index is 14.0. The van der Waals surface area contributed by atoms with E-state index in [1.54, 1.807) is 6.07 Å². The Morgan fingerprint density at radius 2 is 1.70 bits per heavy atom. The number of hydrogen-bond donors (Lipinski definition) is 1. The summed E-state index contributed by atoms with van der Waals surface area (Å²) in [5, 5.41) is 4.54. The van der Waals surface area contributed by atoms with Crippen LogP contribution in [0.15, 0.2) is 82.9 Å². The molecule has 0 amide bonds. The molecule has 0 fully saturated rings. The first-order chi connectivity index (χ1) is 13.2. The van der Waals surface area contributed by atoms with Gasteiger partial charge in [-0.3, -0.25) is 5.43 Å². The van der Waals surface area contributed by atoms with E-state index in [-0.39, 0.29) is 5.82 Å². The van der Waals surface area contributed by atoms with Crippen molar-refractivity contribution in [3.63, 3.8) is 0 Å². The molecule has 4 rings (SSSR count). The Labute approximate surface area is 157 Å². The van der Waals surface area contributed by atoms with Crippen molar-refractivity contribution in [3.05, 3.63) is 95.3 Å². The van der Waals surface area contributed by atoms with Gasteiger partial charge in [-0.25, -0.2) is 9.38 Å². The van der Waals surface area contributed by atoms with E-state index in [2.05, 4.69) is 15.5 Å². The van der Waals surface area contributed by atoms with Gasteiger partial charge in [0.05, 0.1) is 12.3 Å². The van der Waals surface area contributed by atoms with Crippen LogP contribution in [0.2, 0.25) is 0 Å². The molecule has 0 saturated heterocycles. The molecule has 0 saturated carbocycles. The van der Waals surface area contributed by atoms with Crippen molar-refractivity contribution < 1.29 is 9.13 Å². The minimum Gasteiger partial charge on any atom is -0.494 e. The maximum Gasteiger partial charge on any atom is 0.154 e. The van der Waals surface area contributed by atoms with Gasteiger partial charge in [0.1, 0.15) is 17.3 Å². The van der Waals surface area contributed by atoms with E-state index in [0.717, 1.165) is 16.9 Å². The first-order valence-electron chi connectivity index (χ1n) is 8.75. The van der Waals surface area contributed by atoms with Crippen LogP contribution >= 0.6 is 0 Å². The molecule has 0 aliphatic carbocycles. The monoisotopic (exact) mass is 359 g/mol. The topological polar surface area (TPSA) is 46.0 Å². The maximum absolute atomic E-state index is 14.0. The van der Waals surface area contributed by atoms with E-state index in [9.17, 15) is 4.39 Å². The summed E-state index contributed by atoms with van der Waals surface area (Å²) in [6.45, 7) is 2.54. The van der Waals surface area contributed by atoms with E-state index < -0.39 is 0 Å². The summed E-state index contributed by atoms with van der Waals surface area (Å²) in [7, 11) is 0. The van der Waals surface area contributed by atoms with Crippen LogP contribution in [0.1, 0.15) is 23.6 Å². The molecule has 1 aliphatic rings. The van der Waals surface area contributed by atoms with Crippen molar-refractivity contribution in [2.75, 3.05) is 6.61 Å². The summed E-state index contributed by atoms with van der Waals surface area (Å²) in [5.41, 5.74) is 6.72. The Hall–Kier alpha value is -3.47. The zero-order valence-electron chi connectivity index (χ0n) is 14.8. The van der Waals surface area contributed by atoms with Gasteiger partial charge in [-0.15, -0.1) is 0 Å². The molecule has 0 spiro atoms. The fourth-order valence-electron chi connectivity index (χ4n) is 2.93. The van der Waals surface area contributed by atoms with E-state index in [0.29, 0.717) is 29.4 Å². The number of rotatable bonds is 4. The second-order valence-corrected chi connectivity index (χ2v) is 6.02. The van der Waals surface area contributed by atoms with Crippen LogP contribution < -0.4 is 10.2 Å². The van der Waals surface area contributed by atoms with Crippen LogP contribution in [0.5, 0.6) is 5.75 Å². The third-order valence-corrected chi connectivity index (χ3v) is 4.21. The average Bonchev–Trinajstić information content (AvgIpc) is 2.89. The third-order valence-electron chi connectivity index (χ3n) is 4.21. The van der Waals surface area contributed by atoms with E-state index in [1.807, 2.05) is 61.5 Å². The molecule has 27 heavy (non-hydrogen) atoms. The summed E-state index contributed by atoms with van der Waals surface area (Å²) in [5.74, 6) is 1.07. The molecule has 1 aliphatic heterocycles. The van der Waals surface area contributed by atoms with Gasteiger partial charge in [-0.05, 0) is 49.4 Å². The Kier molecular flexibility index (Phi) is 4.66. The smallest absolute Gasteiger partial charge is 0.154 e. The second-order valence-electron chi connectivity index (χ2n) is 6.02. The highest BCUT2D eigenvalue weighted by Gasteiger charge is 2.18. The van der Waals surface area contributed by atoms with E-state index >= 15 is 0 Å². The van der Waals surface area contributed by atoms with Crippen molar-refractivity contribution in [2.45, 2.75) is 6.92 Å². The molecule has 0 atom stereocenters. The lowest BCUT2D eigenvalue weighted by atomic mass is 10.0. The van der Waals surface area contributed by atoms with Crippen LogP contribution in [0.3, 0.4) is 0 Å². The highest BCUT2D eigenvalue weighted by Crippen LogP contribution is 2.27. The van der Waals surface area contributed by atoms with Gasteiger partial charge in [0.15, 0.2) is 5.84 Å². The predicted octanol–water partition coefficient (Wildman–Crippen LogP) is 4.66. The van der Waals surface area contributed by atoms with E-state index in [1.165, 1.54) is 12.1 Å². The zero-order valence-corrected chi connectivity index (χ0v) is 14.8. The first-order valence-corrected chi connectivity index (χ1v) is 8.75. The number of hydrazone groups is 1. The van der Waals surface area contributed by atoms with Crippen molar-refractivity contribution >= 4 is 17.2 Å². The molecule has 134 valence electrons. The molecule has 3 aromatic rings. The Balaban J connectivity index is 1.80. The van der Waals surface area contributed by atoms with Gasteiger partial charge in [-0.2, -0.15) is 5.10 Å². The van der Waals surface area contributed by atoms with Crippen LogP contribution in [0.4, 0.5) is 10.1 Å². The number of ether oxygens (including phenoxy) is 1. The fraction of sp³-hybridized carbons (Fsp3) is 0.0909. The Morgan fingerprint density at radius 3 is 2.44 bits per heavy atom. The van der Waals surface area contributed by atoms with Gasteiger partial charge >= 0.3 is 0 Å². The molecule has 4 nitrogen and oxygen atoms in total. The summed E-state index contributed by atoms with van der Waals surface area (Å²) >= 11 is 0. The number of aliphatic imine (C=N–C) groups is 1. The third kappa shape index (κ3) is 3.58. The summed E-state index contributed by atoms with van der Waals surface area (Å²) in [4.78, 5) is 4.67. The van der Waals surface area contributed by atoms with Crippen LogP contribution in [0, 0.1) is 5.82 Å². The average molecular weight is 359 g/mol. The van der Waals surface area contributed by atoms with Crippen molar-refractivity contribution in [1.82, 2.24) is 5.43 Å². The molecule has 0 aromatic heterocycles. The SMILES string of the molecule is CCOc1ccc(C2=NNC(c3ccccc3)=Nc3ccc(F)cc32)cc1. The molecule has 0 radical (unpaired) electrons. The zero-order chi connectivity index (χ0) is 18.6. The summed E-state index contributed by atoms with van der Waals surface area (Å²) in [6, 6.07) is 21.8. The molecule has 1 heterocycles. The van der Waals surface area contributed by atoms with Crippen molar-refractivity contribution in [2.24, 2.45) is 10.1 Å². The van der Waals surface area contributed by atoms with Gasteiger partial charge in [-0.1, -0.05) is 30.3 Å². The normalized spacial score (nSPS) is 13.0. The van der Waals surface area contributed by atoms with Crippen LogP contribution in [-0.4, -0.2) is 18.2 Å². The van der Waals surface area contributed by atoms with Gasteiger partial charge in [0.25, 0.3) is 0 Å². The lowest BCUT2D eigenvalue weighted by molar-refractivity contribution is 0.340.